The molecular weight excluding hydrogens is 347 g/mol. The normalized spacial score (nSPS) is 9.91. The largest absolute Gasteiger partial charge is 0.516 e. The molecule has 0 N–H and O–H groups in total. The van der Waals surface area contributed by atoms with Gasteiger partial charge in [-0.1, -0.05) is 6.07 Å². The molecule has 1 aromatic heterocycles. The first-order chi connectivity index (χ1) is 10.3. The molecule has 0 fully saturated rings. The van der Waals surface area contributed by atoms with E-state index in [0.717, 1.165) is 28.1 Å². The van der Waals surface area contributed by atoms with E-state index in [9.17, 15) is 0 Å². The van der Waals surface area contributed by atoms with E-state index in [2.05, 4.69) is 22.8 Å². The van der Waals surface area contributed by atoms with Gasteiger partial charge in [-0.25, -0.2) is 15.7 Å². The fourth-order valence-corrected chi connectivity index (χ4v) is 2.36. The Morgan fingerprint density at radius 3 is 2.50 bits per heavy atom. The van der Waals surface area contributed by atoms with Crippen LogP contribution in [0.25, 0.3) is 22.4 Å². The number of nitrogens with zero attached hydrogens (tertiary/aromatic N) is 1. The zero-order chi connectivity index (χ0) is 14.7. The zero-order valence-corrected chi connectivity index (χ0v) is 15.5. The van der Waals surface area contributed by atoms with E-state index >= 15 is 0 Å². The van der Waals surface area contributed by atoms with Crippen molar-refractivity contribution >= 4 is 0 Å². The standard InChI is InChI=1S/C19H16NO.Y/c1-20-13-7-6-10-18(20)17-12-11-16(14-19(17)21-2)15-8-4-3-5-9-15;/h3-8,10,12-14H,1-2H3;/q-1;. The third-order valence-corrected chi connectivity index (χ3v) is 3.46. The first-order valence-electron chi connectivity index (χ1n) is 6.81. The first-order valence-corrected chi connectivity index (χ1v) is 6.81. The van der Waals surface area contributed by atoms with Crippen LogP contribution in [-0.4, -0.2) is 7.11 Å². The molecule has 1 heterocycles. The van der Waals surface area contributed by atoms with Crippen molar-refractivity contribution in [3.8, 4) is 28.1 Å². The van der Waals surface area contributed by atoms with Crippen molar-refractivity contribution < 1.29 is 42.0 Å². The molecule has 22 heavy (non-hydrogen) atoms. The van der Waals surface area contributed by atoms with Gasteiger partial charge in [-0.2, -0.15) is 30.3 Å². The van der Waals surface area contributed by atoms with E-state index in [-0.39, 0.29) is 32.7 Å². The van der Waals surface area contributed by atoms with Gasteiger partial charge in [0.1, 0.15) is 7.05 Å². The molecule has 3 aromatic rings. The van der Waals surface area contributed by atoms with Crippen molar-refractivity contribution in [2.75, 3.05) is 7.11 Å². The molecule has 0 atom stereocenters. The summed E-state index contributed by atoms with van der Waals surface area (Å²) in [5, 5.41) is 0. The van der Waals surface area contributed by atoms with Gasteiger partial charge in [-0.05, 0) is 0 Å². The second-order valence-electron chi connectivity index (χ2n) is 4.80. The molecule has 0 saturated heterocycles. The quantitative estimate of drug-likeness (QED) is 0.513. The third-order valence-electron chi connectivity index (χ3n) is 3.46. The van der Waals surface area contributed by atoms with Gasteiger partial charge in [0.25, 0.3) is 0 Å². The van der Waals surface area contributed by atoms with Crippen molar-refractivity contribution in [3.63, 3.8) is 0 Å². The molecule has 0 bridgehead atoms. The number of hydrogen-bond donors (Lipinski definition) is 0. The van der Waals surface area contributed by atoms with Crippen LogP contribution in [0.15, 0.2) is 60.8 Å². The molecule has 107 valence electrons. The Morgan fingerprint density at radius 1 is 1.00 bits per heavy atom. The van der Waals surface area contributed by atoms with Gasteiger partial charge in [0.2, 0.25) is 0 Å². The summed E-state index contributed by atoms with van der Waals surface area (Å²) in [6.07, 6.45) is 2.02. The average molecular weight is 363 g/mol. The Hall–Kier alpha value is -1.51. The number of methoxy groups -OCH3 is 1. The van der Waals surface area contributed by atoms with Crippen LogP contribution in [-0.2, 0) is 39.8 Å². The molecule has 2 aromatic carbocycles. The Kier molecular flexibility index (Phi) is 5.87. The predicted octanol–water partition coefficient (Wildman–Crippen LogP) is 3.45. The maximum Gasteiger partial charge on any atom is 0.174 e. The minimum absolute atomic E-state index is 0. The number of rotatable bonds is 3. The van der Waals surface area contributed by atoms with Crippen LogP contribution in [0, 0.1) is 12.1 Å². The summed E-state index contributed by atoms with van der Waals surface area (Å²) in [4.78, 5) is 0. The Bertz CT molecular complexity index is 756. The van der Waals surface area contributed by atoms with E-state index in [1.165, 1.54) is 0 Å². The zero-order valence-electron chi connectivity index (χ0n) is 12.7. The Labute approximate surface area is 156 Å². The number of benzene rings is 2. The number of ether oxygens (including phenoxy) is 1. The second-order valence-corrected chi connectivity index (χ2v) is 4.80. The number of aryl methyl sites for hydroxylation is 1. The molecule has 3 rings (SSSR count). The molecule has 0 amide bonds. The van der Waals surface area contributed by atoms with Crippen molar-refractivity contribution in [1.29, 1.82) is 0 Å². The van der Waals surface area contributed by atoms with Gasteiger partial charge in [0.05, 0.1) is 7.11 Å². The summed E-state index contributed by atoms with van der Waals surface area (Å²) < 4.78 is 7.64. The monoisotopic (exact) mass is 363 g/mol. The Balaban J connectivity index is 0.00000176. The van der Waals surface area contributed by atoms with E-state index in [1.54, 1.807) is 7.11 Å². The van der Waals surface area contributed by atoms with Crippen molar-refractivity contribution in [2.45, 2.75) is 0 Å². The first kappa shape index (κ1) is 16.9. The smallest absolute Gasteiger partial charge is 0.174 e. The van der Waals surface area contributed by atoms with Gasteiger partial charge in [-0.15, -0.1) is 18.2 Å². The maximum atomic E-state index is 5.57. The summed E-state index contributed by atoms with van der Waals surface area (Å²) in [6, 6.07) is 24.5. The van der Waals surface area contributed by atoms with Gasteiger partial charge in [0.15, 0.2) is 11.9 Å². The molecule has 0 unspecified atom stereocenters. The van der Waals surface area contributed by atoms with E-state index in [1.807, 2.05) is 61.8 Å². The molecule has 0 aliphatic rings. The van der Waals surface area contributed by atoms with Crippen LogP contribution in [0.4, 0.5) is 0 Å². The molecule has 1 radical (unpaired) electrons. The minimum Gasteiger partial charge on any atom is -0.516 e. The van der Waals surface area contributed by atoms with Gasteiger partial charge in [0, 0.05) is 56.2 Å². The van der Waals surface area contributed by atoms with Crippen molar-refractivity contribution in [1.82, 2.24) is 0 Å². The molecule has 0 aliphatic carbocycles. The van der Waals surface area contributed by atoms with Crippen LogP contribution in [0.5, 0.6) is 5.75 Å². The van der Waals surface area contributed by atoms with Gasteiger partial charge in [-0.3, -0.25) is 0 Å². The summed E-state index contributed by atoms with van der Waals surface area (Å²) in [6.45, 7) is 0. The summed E-state index contributed by atoms with van der Waals surface area (Å²) in [5.41, 5.74) is 4.11. The molecule has 0 aliphatic heterocycles. The van der Waals surface area contributed by atoms with Crippen LogP contribution in [0.2, 0.25) is 0 Å². The number of hydrogen-bond acceptors (Lipinski definition) is 1. The summed E-state index contributed by atoms with van der Waals surface area (Å²) >= 11 is 0. The summed E-state index contributed by atoms with van der Waals surface area (Å²) in [7, 11) is 3.72. The van der Waals surface area contributed by atoms with Gasteiger partial charge < -0.3 is 4.74 Å². The van der Waals surface area contributed by atoms with Crippen molar-refractivity contribution in [2.24, 2.45) is 7.05 Å². The second kappa shape index (κ2) is 7.66. The number of aromatic nitrogens is 1. The van der Waals surface area contributed by atoms with Gasteiger partial charge >= 0.3 is 0 Å². The van der Waals surface area contributed by atoms with E-state index in [0.29, 0.717) is 0 Å². The number of pyridine rings is 1. The van der Waals surface area contributed by atoms with Crippen LogP contribution in [0.3, 0.4) is 0 Å². The molecular formula is C19H16NOY-. The summed E-state index contributed by atoms with van der Waals surface area (Å²) in [5.74, 6) is 0.836. The van der Waals surface area contributed by atoms with Crippen molar-refractivity contribution in [3.05, 3.63) is 72.9 Å². The molecule has 2 nitrogen and oxygen atoms in total. The van der Waals surface area contributed by atoms with Crippen LogP contribution < -0.4 is 9.30 Å². The maximum absolute atomic E-state index is 5.57. The minimum atomic E-state index is 0. The molecule has 3 heteroatoms. The SMILES string of the molecule is COc1cc(-c2[c-]cccc2)[c-]cc1-c1cccc[n+]1C.[Y]. The predicted molar refractivity (Wildman–Crippen MR) is 82.7 cm³/mol. The topological polar surface area (TPSA) is 13.1 Å². The third kappa shape index (κ3) is 3.45. The average Bonchev–Trinajstić information content (AvgIpc) is 2.56. The fraction of sp³-hybridized carbons (Fsp3) is 0.105. The van der Waals surface area contributed by atoms with Crippen LogP contribution >= 0.6 is 0 Å². The fourth-order valence-electron chi connectivity index (χ4n) is 2.36. The molecule has 0 spiro atoms. The van der Waals surface area contributed by atoms with E-state index < -0.39 is 0 Å². The van der Waals surface area contributed by atoms with Crippen LogP contribution in [0.1, 0.15) is 0 Å². The van der Waals surface area contributed by atoms with E-state index in [4.69, 9.17) is 4.74 Å². The Morgan fingerprint density at radius 2 is 1.82 bits per heavy atom. The molecule has 0 saturated carbocycles.